The average molecular weight is 334 g/mol. The highest BCUT2D eigenvalue weighted by atomic mass is 79.9. The van der Waals surface area contributed by atoms with E-state index in [1.807, 2.05) is 0 Å². The highest BCUT2D eigenvalue weighted by Gasteiger charge is 2.20. The van der Waals surface area contributed by atoms with Gasteiger partial charge < -0.3 is 4.74 Å². The van der Waals surface area contributed by atoms with Crippen molar-refractivity contribution in [3.63, 3.8) is 0 Å². The van der Waals surface area contributed by atoms with Crippen molar-refractivity contribution in [2.24, 2.45) is 0 Å². The number of rotatable bonds is 5. The second-order valence-corrected chi connectivity index (χ2v) is 5.56. The Bertz CT molecular complexity index is 408. The zero-order chi connectivity index (χ0) is 13.7. The first-order valence-electron chi connectivity index (χ1n) is 6.53. The Morgan fingerprint density at radius 1 is 1.26 bits per heavy atom. The molecule has 106 valence electrons. The molecular weight excluding hydrogens is 316 g/mol. The van der Waals surface area contributed by atoms with Gasteiger partial charge in [0, 0.05) is 36.6 Å². The lowest BCUT2D eigenvalue weighted by Crippen LogP contribution is -2.37. The Hall–Kier alpha value is -0.520. The second-order valence-electron chi connectivity index (χ2n) is 4.77. The molecule has 0 N–H and O–H groups in total. The molecule has 1 heterocycles. The van der Waals surface area contributed by atoms with Crippen LogP contribution in [-0.2, 0) is 11.3 Å². The summed E-state index contributed by atoms with van der Waals surface area (Å²) in [5.41, 5.74) is 0.557. The minimum Gasteiger partial charge on any atom is -0.377 e. The number of ether oxygens (including phenoxy) is 1. The van der Waals surface area contributed by atoms with Crippen LogP contribution in [0.5, 0.6) is 0 Å². The maximum Gasteiger partial charge on any atom is 0.130 e. The number of hydrogen-bond donors (Lipinski definition) is 0. The predicted octanol–water partition coefficient (Wildman–Crippen LogP) is 3.34. The minimum atomic E-state index is -0.525. The van der Waals surface area contributed by atoms with Gasteiger partial charge >= 0.3 is 0 Å². The van der Waals surface area contributed by atoms with Gasteiger partial charge in [-0.25, -0.2) is 8.78 Å². The van der Waals surface area contributed by atoms with Gasteiger partial charge in [-0.3, -0.25) is 4.90 Å². The van der Waals surface area contributed by atoms with Gasteiger partial charge in [-0.2, -0.15) is 0 Å². The van der Waals surface area contributed by atoms with E-state index in [0.29, 0.717) is 18.2 Å². The van der Waals surface area contributed by atoms with Crippen molar-refractivity contribution in [1.29, 1.82) is 0 Å². The third kappa shape index (κ3) is 4.51. The highest BCUT2D eigenvalue weighted by Crippen LogP contribution is 2.18. The van der Waals surface area contributed by atoms with Crippen molar-refractivity contribution in [2.75, 3.05) is 25.0 Å². The monoisotopic (exact) mass is 333 g/mol. The molecule has 1 aromatic rings. The van der Waals surface area contributed by atoms with Gasteiger partial charge in [-0.1, -0.05) is 22.0 Å². The van der Waals surface area contributed by atoms with Gasteiger partial charge in [0.05, 0.1) is 12.7 Å². The standard InChI is InChI=1S/C14H18BrF2NO/c15-5-8-19-13-3-6-18(7-4-13)10-11-1-2-12(16)9-14(11)17/h1-2,9,13H,3-8,10H2. The third-order valence-electron chi connectivity index (χ3n) is 3.37. The predicted molar refractivity (Wildman–Crippen MR) is 74.4 cm³/mol. The van der Waals surface area contributed by atoms with Crippen molar-refractivity contribution in [2.45, 2.75) is 25.5 Å². The lowest BCUT2D eigenvalue weighted by molar-refractivity contribution is 0.0139. The summed E-state index contributed by atoms with van der Waals surface area (Å²) in [7, 11) is 0. The maximum atomic E-state index is 13.6. The van der Waals surface area contributed by atoms with E-state index in [-0.39, 0.29) is 0 Å². The van der Waals surface area contributed by atoms with Gasteiger partial charge in [0.2, 0.25) is 0 Å². The number of alkyl halides is 1. The summed E-state index contributed by atoms with van der Waals surface area (Å²) in [6, 6.07) is 3.78. The molecule has 1 saturated heterocycles. The van der Waals surface area contributed by atoms with E-state index >= 15 is 0 Å². The molecule has 2 rings (SSSR count). The van der Waals surface area contributed by atoms with Crippen LogP contribution < -0.4 is 0 Å². The molecule has 0 saturated carbocycles. The van der Waals surface area contributed by atoms with E-state index in [1.54, 1.807) is 0 Å². The van der Waals surface area contributed by atoms with E-state index in [9.17, 15) is 8.78 Å². The molecule has 0 aromatic heterocycles. The Kier molecular flexibility index (Phi) is 5.73. The largest absolute Gasteiger partial charge is 0.377 e. The molecule has 1 aliphatic rings. The molecule has 1 aromatic carbocycles. The number of nitrogens with zero attached hydrogens (tertiary/aromatic N) is 1. The zero-order valence-corrected chi connectivity index (χ0v) is 12.3. The van der Waals surface area contributed by atoms with Crippen LogP contribution in [0.4, 0.5) is 8.78 Å². The van der Waals surface area contributed by atoms with E-state index in [4.69, 9.17) is 4.74 Å². The Balaban J connectivity index is 1.82. The van der Waals surface area contributed by atoms with Crippen molar-refractivity contribution in [3.8, 4) is 0 Å². The summed E-state index contributed by atoms with van der Waals surface area (Å²) in [5.74, 6) is -0.985. The van der Waals surface area contributed by atoms with Crippen LogP contribution >= 0.6 is 15.9 Å². The molecule has 0 unspecified atom stereocenters. The quantitative estimate of drug-likeness (QED) is 0.766. The normalized spacial score (nSPS) is 17.8. The summed E-state index contributed by atoms with van der Waals surface area (Å²) >= 11 is 3.34. The van der Waals surface area contributed by atoms with Crippen molar-refractivity contribution in [3.05, 3.63) is 35.4 Å². The first-order chi connectivity index (χ1) is 9.19. The second kappa shape index (κ2) is 7.31. The van der Waals surface area contributed by atoms with Gasteiger partial charge in [0.25, 0.3) is 0 Å². The van der Waals surface area contributed by atoms with Crippen LogP contribution in [0.25, 0.3) is 0 Å². The Morgan fingerprint density at radius 3 is 2.63 bits per heavy atom. The van der Waals surface area contributed by atoms with Gasteiger partial charge in [0.1, 0.15) is 11.6 Å². The summed E-state index contributed by atoms with van der Waals surface area (Å²) < 4.78 is 32.0. The fourth-order valence-electron chi connectivity index (χ4n) is 2.34. The van der Waals surface area contributed by atoms with E-state index in [2.05, 4.69) is 20.8 Å². The third-order valence-corrected chi connectivity index (χ3v) is 3.70. The maximum absolute atomic E-state index is 13.6. The average Bonchev–Trinajstić information content (AvgIpc) is 2.41. The van der Waals surface area contributed by atoms with Crippen LogP contribution in [0.2, 0.25) is 0 Å². The summed E-state index contributed by atoms with van der Waals surface area (Å²) in [6.07, 6.45) is 2.25. The fraction of sp³-hybridized carbons (Fsp3) is 0.571. The van der Waals surface area contributed by atoms with Gasteiger partial charge in [-0.15, -0.1) is 0 Å². The molecule has 5 heteroatoms. The summed E-state index contributed by atoms with van der Waals surface area (Å²) in [6.45, 7) is 3.06. The molecule has 1 aliphatic heterocycles. The molecule has 0 radical (unpaired) electrons. The lowest BCUT2D eigenvalue weighted by Gasteiger charge is -2.31. The molecule has 1 fully saturated rings. The molecule has 0 atom stereocenters. The Labute approximate surface area is 120 Å². The lowest BCUT2D eigenvalue weighted by atomic mass is 10.1. The summed E-state index contributed by atoms with van der Waals surface area (Å²) in [5, 5.41) is 0.855. The van der Waals surface area contributed by atoms with E-state index in [0.717, 1.165) is 43.9 Å². The number of halogens is 3. The summed E-state index contributed by atoms with van der Waals surface area (Å²) in [4.78, 5) is 2.18. The van der Waals surface area contributed by atoms with Gasteiger partial charge in [-0.05, 0) is 18.9 Å². The molecule has 0 aliphatic carbocycles. The first kappa shape index (κ1) is 14.9. The topological polar surface area (TPSA) is 12.5 Å². The van der Waals surface area contributed by atoms with Crippen molar-refractivity contribution >= 4 is 15.9 Å². The number of hydrogen-bond acceptors (Lipinski definition) is 2. The number of piperidine rings is 1. The smallest absolute Gasteiger partial charge is 0.130 e. The zero-order valence-electron chi connectivity index (χ0n) is 10.7. The van der Waals surface area contributed by atoms with Crippen LogP contribution in [0.15, 0.2) is 18.2 Å². The highest BCUT2D eigenvalue weighted by molar-refractivity contribution is 9.09. The van der Waals surface area contributed by atoms with Crippen LogP contribution in [0.1, 0.15) is 18.4 Å². The molecule has 0 amide bonds. The molecular formula is C14H18BrF2NO. The molecule has 0 spiro atoms. The fourth-order valence-corrected chi connectivity index (χ4v) is 2.52. The van der Waals surface area contributed by atoms with Crippen LogP contribution in [0.3, 0.4) is 0 Å². The van der Waals surface area contributed by atoms with E-state index < -0.39 is 11.6 Å². The molecule has 0 bridgehead atoms. The Morgan fingerprint density at radius 2 is 2.00 bits per heavy atom. The van der Waals surface area contributed by atoms with Crippen molar-refractivity contribution in [1.82, 2.24) is 4.90 Å². The van der Waals surface area contributed by atoms with E-state index in [1.165, 1.54) is 12.1 Å². The van der Waals surface area contributed by atoms with Crippen molar-refractivity contribution < 1.29 is 13.5 Å². The molecule has 2 nitrogen and oxygen atoms in total. The van der Waals surface area contributed by atoms with Gasteiger partial charge in [0.15, 0.2) is 0 Å². The van der Waals surface area contributed by atoms with Crippen LogP contribution in [0, 0.1) is 11.6 Å². The number of benzene rings is 1. The molecule has 19 heavy (non-hydrogen) atoms. The first-order valence-corrected chi connectivity index (χ1v) is 7.65. The SMILES string of the molecule is Fc1ccc(CN2CCC(OCCBr)CC2)c(F)c1. The minimum absolute atomic E-state index is 0.312. The van der Waals surface area contributed by atoms with Crippen LogP contribution in [-0.4, -0.2) is 36.0 Å². The number of likely N-dealkylation sites (tertiary alicyclic amines) is 1.